The van der Waals surface area contributed by atoms with Crippen molar-refractivity contribution in [2.75, 3.05) is 19.7 Å². The second kappa shape index (κ2) is 7.30. The molecule has 1 atom stereocenters. The molecule has 0 saturated heterocycles. The fourth-order valence-corrected chi connectivity index (χ4v) is 1.76. The van der Waals surface area contributed by atoms with E-state index in [0.717, 1.165) is 6.54 Å². The molecule has 0 fully saturated rings. The van der Waals surface area contributed by atoms with Gasteiger partial charge in [0.1, 0.15) is 18.5 Å². The number of halogens is 1. The van der Waals surface area contributed by atoms with Gasteiger partial charge < -0.3 is 15.2 Å². The molecule has 1 unspecified atom stereocenters. The Morgan fingerprint density at radius 1 is 1.56 bits per heavy atom. The summed E-state index contributed by atoms with van der Waals surface area (Å²) >= 11 is 3.17. The smallest absolute Gasteiger partial charge is 0.274 e. The minimum atomic E-state index is -0.650. The molecule has 0 heterocycles. The van der Waals surface area contributed by atoms with Gasteiger partial charge in [0.15, 0.2) is 0 Å². The summed E-state index contributed by atoms with van der Waals surface area (Å²) in [5.74, 6) is 0.353. The van der Waals surface area contributed by atoms with Crippen LogP contribution >= 0.6 is 15.9 Å². The third-order valence-electron chi connectivity index (χ3n) is 2.14. The number of aliphatic hydroxyl groups is 1. The van der Waals surface area contributed by atoms with Crippen molar-refractivity contribution in [3.8, 4) is 5.75 Å². The van der Waals surface area contributed by atoms with Gasteiger partial charge in [0, 0.05) is 17.1 Å². The number of likely N-dealkylation sites (N-methyl/N-ethyl adjacent to an activating group) is 1. The Morgan fingerprint density at radius 2 is 2.28 bits per heavy atom. The van der Waals surface area contributed by atoms with Gasteiger partial charge in [0.2, 0.25) is 0 Å². The van der Waals surface area contributed by atoms with Crippen LogP contribution in [0.2, 0.25) is 0 Å². The zero-order valence-corrected chi connectivity index (χ0v) is 11.5. The first-order valence-corrected chi connectivity index (χ1v) is 6.28. The van der Waals surface area contributed by atoms with E-state index in [9.17, 15) is 15.2 Å². The molecule has 0 aromatic heterocycles. The number of rotatable bonds is 7. The minimum Gasteiger partial charge on any atom is -0.491 e. The van der Waals surface area contributed by atoms with E-state index in [1.165, 1.54) is 12.1 Å². The number of nitrogens with zero attached hydrogens (tertiary/aromatic N) is 1. The van der Waals surface area contributed by atoms with E-state index in [4.69, 9.17) is 4.74 Å². The predicted octanol–water partition coefficient (Wildman–Crippen LogP) is 1.71. The summed E-state index contributed by atoms with van der Waals surface area (Å²) in [6.07, 6.45) is -0.650. The Hall–Kier alpha value is -1.18. The lowest BCUT2D eigenvalue weighted by molar-refractivity contribution is -0.385. The number of nitrogens with one attached hydrogen (secondary N) is 1. The number of hydrogen-bond donors (Lipinski definition) is 2. The first-order chi connectivity index (χ1) is 8.52. The molecule has 2 N–H and O–H groups in total. The van der Waals surface area contributed by atoms with Gasteiger partial charge in [-0.25, -0.2) is 0 Å². The number of nitro groups is 1. The van der Waals surface area contributed by atoms with Crippen LogP contribution in [0.25, 0.3) is 0 Å². The number of aliphatic hydroxyl groups excluding tert-OH is 1. The molecule has 100 valence electrons. The van der Waals surface area contributed by atoms with E-state index in [-0.39, 0.29) is 12.3 Å². The van der Waals surface area contributed by atoms with Gasteiger partial charge in [-0.05, 0) is 12.6 Å². The maximum absolute atomic E-state index is 10.7. The highest BCUT2D eigenvalue weighted by Crippen LogP contribution is 2.26. The Morgan fingerprint density at radius 3 is 2.89 bits per heavy atom. The number of ether oxygens (including phenoxy) is 1. The van der Waals surface area contributed by atoms with E-state index in [2.05, 4.69) is 21.2 Å². The van der Waals surface area contributed by atoms with Crippen LogP contribution in [-0.4, -0.2) is 35.8 Å². The molecule has 1 aromatic rings. The average Bonchev–Trinajstić information content (AvgIpc) is 2.33. The van der Waals surface area contributed by atoms with E-state index >= 15 is 0 Å². The Kier molecular flexibility index (Phi) is 6.03. The number of non-ortho nitro benzene ring substituents is 1. The molecular formula is C11H15BrN2O4. The topological polar surface area (TPSA) is 84.6 Å². The van der Waals surface area contributed by atoms with E-state index in [0.29, 0.717) is 16.8 Å². The first-order valence-electron chi connectivity index (χ1n) is 5.49. The molecule has 0 aliphatic rings. The quantitative estimate of drug-likeness (QED) is 0.590. The van der Waals surface area contributed by atoms with Crippen LogP contribution in [-0.2, 0) is 0 Å². The number of benzene rings is 1. The molecule has 0 bridgehead atoms. The summed E-state index contributed by atoms with van der Waals surface area (Å²) in [6.45, 7) is 3.21. The monoisotopic (exact) mass is 318 g/mol. The highest BCUT2D eigenvalue weighted by Gasteiger charge is 2.11. The van der Waals surface area contributed by atoms with Gasteiger partial charge in [-0.3, -0.25) is 10.1 Å². The summed E-state index contributed by atoms with van der Waals surface area (Å²) in [5.41, 5.74) is -0.0550. The molecule has 6 nitrogen and oxygen atoms in total. The second-order valence-corrected chi connectivity index (χ2v) is 4.59. The standard InChI is InChI=1S/C11H15BrN2O4/c1-2-13-6-10(15)7-18-11-4-8(12)3-9(5-11)14(16)17/h3-5,10,13,15H,2,6-7H2,1H3. The molecule has 7 heteroatoms. The molecule has 0 aliphatic heterocycles. The maximum atomic E-state index is 10.7. The van der Waals surface area contributed by atoms with Gasteiger partial charge in [0.05, 0.1) is 11.0 Å². The summed E-state index contributed by atoms with van der Waals surface area (Å²) in [4.78, 5) is 10.2. The van der Waals surface area contributed by atoms with Gasteiger partial charge >= 0.3 is 0 Å². The van der Waals surface area contributed by atoms with Gasteiger partial charge in [-0.2, -0.15) is 0 Å². The van der Waals surface area contributed by atoms with Crippen LogP contribution in [0.15, 0.2) is 22.7 Å². The van der Waals surface area contributed by atoms with E-state index in [1.807, 2.05) is 6.92 Å². The van der Waals surface area contributed by atoms with Crippen LogP contribution in [0.5, 0.6) is 5.75 Å². The third kappa shape index (κ3) is 4.99. The number of hydrogen-bond acceptors (Lipinski definition) is 5. The first kappa shape index (κ1) is 14.9. The zero-order chi connectivity index (χ0) is 13.5. The fraction of sp³-hybridized carbons (Fsp3) is 0.455. The average molecular weight is 319 g/mol. The van der Waals surface area contributed by atoms with Crippen LogP contribution < -0.4 is 10.1 Å². The lowest BCUT2D eigenvalue weighted by Gasteiger charge is -2.12. The van der Waals surface area contributed by atoms with E-state index in [1.54, 1.807) is 6.07 Å². The van der Waals surface area contributed by atoms with Crippen molar-refractivity contribution in [3.63, 3.8) is 0 Å². The largest absolute Gasteiger partial charge is 0.491 e. The summed E-state index contributed by atoms with van der Waals surface area (Å²) in [7, 11) is 0. The SMILES string of the molecule is CCNCC(O)COc1cc(Br)cc([N+](=O)[O-])c1. The summed E-state index contributed by atoms with van der Waals surface area (Å²) in [6, 6.07) is 4.33. The van der Waals surface area contributed by atoms with Gasteiger partial charge in [-0.1, -0.05) is 22.9 Å². The lowest BCUT2D eigenvalue weighted by Crippen LogP contribution is -2.31. The highest BCUT2D eigenvalue weighted by atomic mass is 79.9. The Labute approximate surface area is 113 Å². The molecule has 1 aromatic carbocycles. The van der Waals surface area contributed by atoms with Crippen LogP contribution in [0.4, 0.5) is 5.69 Å². The van der Waals surface area contributed by atoms with Crippen molar-refractivity contribution >= 4 is 21.6 Å². The number of nitro benzene ring substituents is 1. The summed E-state index contributed by atoms with van der Waals surface area (Å²) in [5, 5.41) is 23.2. The third-order valence-corrected chi connectivity index (χ3v) is 2.60. The molecule has 0 aliphatic carbocycles. The Bertz CT molecular complexity index is 414. The Balaban J connectivity index is 2.59. The van der Waals surface area contributed by atoms with Crippen molar-refractivity contribution < 1.29 is 14.8 Å². The van der Waals surface area contributed by atoms with Crippen molar-refractivity contribution in [1.29, 1.82) is 0 Å². The molecule has 0 radical (unpaired) electrons. The molecule has 0 spiro atoms. The molecule has 18 heavy (non-hydrogen) atoms. The van der Waals surface area contributed by atoms with Crippen LogP contribution in [0.3, 0.4) is 0 Å². The second-order valence-electron chi connectivity index (χ2n) is 3.67. The lowest BCUT2D eigenvalue weighted by atomic mass is 10.3. The fourth-order valence-electron chi connectivity index (χ4n) is 1.30. The molecule has 1 rings (SSSR count). The highest BCUT2D eigenvalue weighted by molar-refractivity contribution is 9.10. The van der Waals surface area contributed by atoms with Crippen molar-refractivity contribution in [1.82, 2.24) is 5.32 Å². The van der Waals surface area contributed by atoms with Crippen molar-refractivity contribution in [3.05, 3.63) is 32.8 Å². The normalized spacial score (nSPS) is 12.2. The van der Waals surface area contributed by atoms with Gasteiger partial charge in [-0.15, -0.1) is 0 Å². The molecule has 0 saturated carbocycles. The maximum Gasteiger partial charge on any atom is 0.274 e. The molecule has 0 amide bonds. The van der Waals surface area contributed by atoms with Gasteiger partial charge in [0.25, 0.3) is 5.69 Å². The van der Waals surface area contributed by atoms with E-state index < -0.39 is 11.0 Å². The zero-order valence-electron chi connectivity index (χ0n) is 9.93. The summed E-state index contributed by atoms with van der Waals surface area (Å²) < 4.78 is 5.87. The molecular weight excluding hydrogens is 304 g/mol. The minimum absolute atomic E-state index is 0.0550. The van der Waals surface area contributed by atoms with Crippen molar-refractivity contribution in [2.45, 2.75) is 13.0 Å². The predicted molar refractivity (Wildman–Crippen MR) is 70.8 cm³/mol. The van der Waals surface area contributed by atoms with Crippen LogP contribution in [0, 0.1) is 10.1 Å². The van der Waals surface area contributed by atoms with Crippen LogP contribution in [0.1, 0.15) is 6.92 Å². The van der Waals surface area contributed by atoms with Crippen molar-refractivity contribution in [2.24, 2.45) is 0 Å².